The Kier molecular flexibility index (Phi) is 4.10. The highest BCUT2D eigenvalue weighted by atomic mass is 35.5. The molecule has 2 aromatic rings. The Morgan fingerprint density at radius 2 is 1.95 bits per heavy atom. The summed E-state index contributed by atoms with van der Waals surface area (Å²) >= 11 is 6.03. The Labute approximate surface area is 120 Å². The number of hydrogen-bond acceptors (Lipinski definition) is 3. The van der Waals surface area contributed by atoms with Crippen LogP contribution < -0.4 is 10.6 Å². The first-order valence-corrected chi connectivity index (χ1v) is 6.28. The van der Waals surface area contributed by atoms with Crippen LogP contribution >= 0.6 is 11.6 Å². The Morgan fingerprint density at radius 3 is 2.50 bits per heavy atom. The predicted octanol–water partition coefficient (Wildman–Crippen LogP) is 3.45. The van der Waals surface area contributed by atoms with Crippen LogP contribution in [0.25, 0.3) is 0 Å². The molecule has 1 aromatic carbocycles. The Morgan fingerprint density at radius 1 is 1.20 bits per heavy atom. The lowest BCUT2D eigenvalue weighted by atomic mass is 10.2. The van der Waals surface area contributed by atoms with Crippen LogP contribution in [0.2, 0.25) is 5.02 Å². The number of rotatable bonds is 3. The fraction of sp³-hybridized carbons (Fsp3) is 0.143. The minimum absolute atomic E-state index is 0.210. The van der Waals surface area contributed by atoms with Crippen LogP contribution in [0.3, 0.4) is 0 Å². The first kappa shape index (κ1) is 14.1. The van der Waals surface area contributed by atoms with E-state index in [1.54, 1.807) is 31.2 Å². The summed E-state index contributed by atoms with van der Waals surface area (Å²) in [5.41, 5.74) is 1.50. The number of aryl methyl sites for hydroxylation is 1. The van der Waals surface area contributed by atoms with Crippen molar-refractivity contribution in [2.45, 2.75) is 13.8 Å². The summed E-state index contributed by atoms with van der Waals surface area (Å²) in [7, 11) is 0. The van der Waals surface area contributed by atoms with Crippen LogP contribution in [0.1, 0.15) is 23.0 Å². The second-order valence-electron chi connectivity index (χ2n) is 4.22. The molecule has 6 heteroatoms. The minimum Gasteiger partial charge on any atom is -0.469 e. The van der Waals surface area contributed by atoms with Gasteiger partial charge in [0.1, 0.15) is 5.76 Å². The lowest BCUT2D eigenvalue weighted by Crippen LogP contribution is -2.12. The average Bonchev–Trinajstić information content (AvgIpc) is 2.78. The van der Waals surface area contributed by atoms with Crippen LogP contribution in [0, 0.1) is 6.92 Å². The van der Waals surface area contributed by atoms with E-state index in [0.717, 1.165) is 0 Å². The van der Waals surface area contributed by atoms with Crippen molar-refractivity contribution in [1.82, 2.24) is 0 Å². The maximum atomic E-state index is 12.0. The fourth-order valence-corrected chi connectivity index (χ4v) is 1.93. The molecule has 0 aliphatic carbocycles. The third kappa shape index (κ3) is 3.19. The first-order valence-electron chi connectivity index (χ1n) is 5.90. The summed E-state index contributed by atoms with van der Waals surface area (Å²) in [6.07, 6.45) is 1.46. The van der Waals surface area contributed by atoms with E-state index in [4.69, 9.17) is 16.0 Å². The van der Waals surface area contributed by atoms with Crippen LogP contribution in [-0.4, -0.2) is 11.8 Å². The van der Waals surface area contributed by atoms with Crippen molar-refractivity contribution in [2.24, 2.45) is 0 Å². The Bertz CT molecular complexity index is 664. The molecule has 1 heterocycles. The van der Waals surface area contributed by atoms with Crippen molar-refractivity contribution < 1.29 is 14.0 Å². The van der Waals surface area contributed by atoms with Crippen molar-refractivity contribution in [3.63, 3.8) is 0 Å². The third-order valence-electron chi connectivity index (χ3n) is 2.64. The Hall–Kier alpha value is -2.27. The number of halogens is 1. The van der Waals surface area contributed by atoms with E-state index in [1.165, 1.54) is 13.2 Å². The number of carbonyl (C=O) groups excluding carboxylic acids is 2. The van der Waals surface area contributed by atoms with Crippen LogP contribution in [0.15, 0.2) is 34.9 Å². The summed E-state index contributed by atoms with van der Waals surface area (Å²) in [5.74, 6) is 0.0563. The molecule has 2 N–H and O–H groups in total. The van der Waals surface area contributed by atoms with Crippen LogP contribution in [0.4, 0.5) is 11.4 Å². The highest BCUT2D eigenvalue weighted by Crippen LogP contribution is 2.26. The second-order valence-corrected chi connectivity index (χ2v) is 4.63. The van der Waals surface area contributed by atoms with Gasteiger partial charge >= 0.3 is 0 Å². The quantitative estimate of drug-likeness (QED) is 0.910. The van der Waals surface area contributed by atoms with Gasteiger partial charge in [0.25, 0.3) is 5.91 Å². The summed E-state index contributed by atoms with van der Waals surface area (Å²) in [4.78, 5) is 23.0. The number of carbonyl (C=O) groups is 2. The fourth-order valence-electron chi connectivity index (χ4n) is 1.70. The maximum absolute atomic E-state index is 12.0. The van der Waals surface area contributed by atoms with Gasteiger partial charge in [-0.2, -0.15) is 0 Å². The molecule has 20 heavy (non-hydrogen) atoms. The van der Waals surface area contributed by atoms with E-state index in [1.807, 2.05) is 0 Å². The summed E-state index contributed by atoms with van der Waals surface area (Å²) in [6, 6.07) is 6.45. The molecule has 0 aliphatic heterocycles. The molecule has 0 atom stereocenters. The van der Waals surface area contributed by atoms with E-state index < -0.39 is 0 Å². The van der Waals surface area contributed by atoms with Crippen molar-refractivity contribution in [2.75, 3.05) is 10.6 Å². The van der Waals surface area contributed by atoms with E-state index in [2.05, 4.69) is 10.6 Å². The SMILES string of the molecule is CC(=O)Nc1ccc(NC(=O)c2ccoc2C)cc1Cl. The van der Waals surface area contributed by atoms with Gasteiger partial charge in [-0.25, -0.2) is 0 Å². The molecule has 0 saturated carbocycles. The third-order valence-corrected chi connectivity index (χ3v) is 2.95. The van der Waals surface area contributed by atoms with Gasteiger partial charge in [-0.05, 0) is 31.2 Å². The summed E-state index contributed by atoms with van der Waals surface area (Å²) in [5, 5.41) is 5.65. The zero-order chi connectivity index (χ0) is 14.7. The molecule has 2 rings (SSSR count). The molecule has 1 aromatic heterocycles. The molecule has 5 nitrogen and oxygen atoms in total. The molecule has 104 valence electrons. The van der Waals surface area contributed by atoms with Crippen LogP contribution in [-0.2, 0) is 4.79 Å². The predicted molar refractivity (Wildman–Crippen MR) is 77.2 cm³/mol. The molecule has 0 radical (unpaired) electrons. The molecule has 0 saturated heterocycles. The van der Waals surface area contributed by atoms with Crippen molar-refractivity contribution in [3.8, 4) is 0 Å². The van der Waals surface area contributed by atoms with E-state index >= 15 is 0 Å². The monoisotopic (exact) mass is 292 g/mol. The standard InChI is InChI=1S/C14H13ClN2O3/c1-8-11(5-6-20-8)14(19)17-10-3-4-13(12(15)7-10)16-9(2)18/h3-7H,1-2H3,(H,16,18)(H,17,19). The average molecular weight is 293 g/mol. The van der Waals surface area contributed by atoms with E-state index in [0.29, 0.717) is 27.7 Å². The molecule has 2 amide bonds. The highest BCUT2D eigenvalue weighted by Gasteiger charge is 2.12. The van der Waals surface area contributed by atoms with Gasteiger partial charge in [-0.1, -0.05) is 11.6 Å². The summed E-state index contributed by atoms with van der Waals surface area (Å²) < 4.78 is 5.08. The molecule has 0 aliphatic rings. The van der Waals surface area contributed by atoms with E-state index in [-0.39, 0.29) is 11.8 Å². The van der Waals surface area contributed by atoms with Gasteiger partial charge in [0.2, 0.25) is 5.91 Å². The number of amides is 2. The van der Waals surface area contributed by atoms with E-state index in [9.17, 15) is 9.59 Å². The normalized spacial score (nSPS) is 10.2. The van der Waals surface area contributed by atoms with Gasteiger partial charge in [-0.15, -0.1) is 0 Å². The highest BCUT2D eigenvalue weighted by molar-refractivity contribution is 6.34. The molecule has 0 bridgehead atoms. The smallest absolute Gasteiger partial charge is 0.259 e. The largest absolute Gasteiger partial charge is 0.469 e. The number of furan rings is 1. The number of anilines is 2. The molecule has 0 unspecified atom stereocenters. The van der Waals surface area contributed by atoms with Gasteiger partial charge in [-0.3, -0.25) is 9.59 Å². The summed E-state index contributed by atoms with van der Waals surface area (Å²) in [6.45, 7) is 3.11. The lowest BCUT2D eigenvalue weighted by Gasteiger charge is -2.08. The number of benzene rings is 1. The molecular weight excluding hydrogens is 280 g/mol. The number of hydrogen-bond donors (Lipinski definition) is 2. The topological polar surface area (TPSA) is 71.3 Å². The van der Waals surface area contributed by atoms with Gasteiger partial charge in [0.05, 0.1) is 22.5 Å². The Balaban J connectivity index is 2.15. The molecule has 0 spiro atoms. The van der Waals surface area contributed by atoms with Crippen molar-refractivity contribution >= 4 is 34.8 Å². The van der Waals surface area contributed by atoms with Gasteiger partial charge < -0.3 is 15.1 Å². The maximum Gasteiger partial charge on any atom is 0.259 e. The van der Waals surface area contributed by atoms with Gasteiger partial charge in [0.15, 0.2) is 0 Å². The zero-order valence-corrected chi connectivity index (χ0v) is 11.7. The minimum atomic E-state index is -0.278. The number of nitrogens with one attached hydrogen (secondary N) is 2. The molecule has 0 fully saturated rings. The van der Waals surface area contributed by atoms with Crippen LogP contribution in [0.5, 0.6) is 0 Å². The van der Waals surface area contributed by atoms with Crippen molar-refractivity contribution in [1.29, 1.82) is 0 Å². The van der Waals surface area contributed by atoms with Crippen molar-refractivity contribution in [3.05, 3.63) is 46.9 Å². The second kappa shape index (κ2) is 5.79. The van der Waals surface area contributed by atoms with Gasteiger partial charge in [0, 0.05) is 12.6 Å². The first-order chi connectivity index (χ1) is 9.47. The zero-order valence-electron chi connectivity index (χ0n) is 11.0. The molecular formula is C14H13ClN2O3. The lowest BCUT2D eigenvalue weighted by molar-refractivity contribution is -0.114.